The third kappa shape index (κ3) is 5.11. The van der Waals surface area contributed by atoms with Gasteiger partial charge in [0, 0.05) is 16.5 Å². The Morgan fingerprint density at radius 1 is 0.473 bits per heavy atom. The van der Waals surface area contributed by atoms with E-state index in [0.717, 1.165) is 28.4 Å². The summed E-state index contributed by atoms with van der Waals surface area (Å²) in [6.45, 7) is 4.76. The van der Waals surface area contributed by atoms with Gasteiger partial charge in [-0.3, -0.25) is 0 Å². The lowest BCUT2D eigenvalue weighted by Gasteiger charge is -2.26. The van der Waals surface area contributed by atoms with Crippen molar-refractivity contribution in [3.8, 4) is 22.3 Å². The van der Waals surface area contributed by atoms with E-state index in [1.807, 2.05) is 0 Å². The maximum Gasteiger partial charge on any atom is 0.159 e. The number of fused-ring (bicyclic) bond motifs is 8. The third-order valence-corrected chi connectivity index (χ3v) is 11.8. The number of nitrogens with one attached hydrogen (secondary N) is 1. The first-order chi connectivity index (χ1) is 27.0. The fourth-order valence-corrected chi connectivity index (χ4v) is 9.02. The molecular weight excluding hydrogens is 667 g/mol. The fourth-order valence-electron chi connectivity index (χ4n) is 9.02. The van der Waals surface area contributed by atoms with Gasteiger partial charge >= 0.3 is 0 Å². The Morgan fingerprint density at radius 3 is 1.75 bits per heavy atom. The molecule has 0 spiro atoms. The van der Waals surface area contributed by atoms with Gasteiger partial charge in [0.1, 0.15) is 12.0 Å². The van der Waals surface area contributed by atoms with Gasteiger partial charge in [-0.1, -0.05) is 159 Å². The van der Waals surface area contributed by atoms with Crippen molar-refractivity contribution in [1.29, 1.82) is 0 Å². The predicted octanol–water partition coefficient (Wildman–Crippen LogP) is 12.8. The summed E-state index contributed by atoms with van der Waals surface area (Å²) in [7, 11) is 0. The minimum Gasteiger partial charge on any atom is -0.344 e. The fraction of sp³-hybridized carbons (Fsp3) is 0.0769. The Labute approximate surface area is 320 Å². The molecule has 11 rings (SSSR count). The largest absolute Gasteiger partial charge is 0.344 e. The molecule has 0 aromatic heterocycles. The lowest BCUT2D eigenvalue weighted by molar-refractivity contribution is 0.665. The predicted molar refractivity (Wildman–Crippen MR) is 231 cm³/mol. The van der Waals surface area contributed by atoms with Crippen molar-refractivity contribution in [3.05, 3.63) is 204 Å². The number of hydrogen-bond acceptors (Lipinski definition) is 3. The molecule has 9 aromatic carbocycles. The van der Waals surface area contributed by atoms with Crippen LogP contribution in [0.2, 0.25) is 0 Å². The van der Waals surface area contributed by atoms with Gasteiger partial charge in [0.15, 0.2) is 5.84 Å². The molecular formula is C52H37N3. The highest BCUT2D eigenvalue weighted by Crippen LogP contribution is 2.55. The molecule has 1 N–H and O–H groups in total. The van der Waals surface area contributed by atoms with E-state index in [9.17, 15) is 0 Å². The number of nitrogens with zero attached hydrogens (tertiary/aromatic N) is 2. The SMILES string of the molecule is CC1(C)c2cc(C3=NC(c4ccc5ccccc5c4)NC(c4ccc5ccccc5c4)=N3)ccc2-c2c(-c3ccc4ccccc4c3)cc3ccccc3c21. The second-order valence-corrected chi connectivity index (χ2v) is 15.5. The Bertz CT molecular complexity index is 3110. The van der Waals surface area contributed by atoms with E-state index in [1.165, 1.54) is 76.5 Å². The maximum atomic E-state index is 5.35. The van der Waals surface area contributed by atoms with Gasteiger partial charge < -0.3 is 5.32 Å². The van der Waals surface area contributed by atoms with Crippen molar-refractivity contribution in [2.24, 2.45) is 9.98 Å². The van der Waals surface area contributed by atoms with Crippen LogP contribution in [0.4, 0.5) is 0 Å². The standard InChI is InChI=1S/C52H37N3/c1-52(2)46-31-42(25-26-44(46)47-45(30-38-17-9-10-18-43(38)48(47)52)39-22-19-32-11-3-6-14-35(32)27-39)51-54-49(40-23-20-33-12-4-7-15-36(33)28-40)53-50(55-51)41-24-21-34-13-5-8-16-37(34)29-41/h3-31,49H,1-2H3,(H,53,54,55). The first-order valence-electron chi connectivity index (χ1n) is 19.1. The molecule has 3 heteroatoms. The van der Waals surface area contributed by atoms with Gasteiger partial charge in [0.25, 0.3) is 0 Å². The molecule has 1 unspecified atom stereocenters. The Morgan fingerprint density at radius 2 is 1.04 bits per heavy atom. The normalized spacial score (nSPS) is 15.8. The van der Waals surface area contributed by atoms with Crippen molar-refractivity contribution in [2.75, 3.05) is 0 Å². The molecule has 0 amide bonds. The topological polar surface area (TPSA) is 36.8 Å². The van der Waals surface area contributed by atoms with E-state index in [2.05, 4.69) is 195 Å². The quantitative estimate of drug-likeness (QED) is 0.195. The van der Waals surface area contributed by atoms with Crippen LogP contribution in [0.5, 0.6) is 0 Å². The monoisotopic (exact) mass is 703 g/mol. The highest BCUT2D eigenvalue weighted by molar-refractivity contribution is 6.15. The molecule has 1 aliphatic heterocycles. The van der Waals surface area contributed by atoms with Crippen LogP contribution in [0, 0.1) is 0 Å². The first-order valence-corrected chi connectivity index (χ1v) is 19.1. The molecule has 0 radical (unpaired) electrons. The van der Waals surface area contributed by atoms with Crippen molar-refractivity contribution in [1.82, 2.24) is 5.32 Å². The zero-order valence-corrected chi connectivity index (χ0v) is 30.7. The number of hydrogen-bond donors (Lipinski definition) is 1. The highest BCUT2D eigenvalue weighted by atomic mass is 15.2. The number of aliphatic imine (C=N–C) groups is 2. The molecule has 9 aromatic rings. The molecule has 0 saturated carbocycles. The Kier molecular flexibility index (Phi) is 6.96. The van der Waals surface area contributed by atoms with E-state index >= 15 is 0 Å². The molecule has 3 nitrogen and oxygen atoms in total. The van der Waals surface area contributed by atoms with E-state index in [-0.39, 0.29) is 11.6 Å². The zero-order valence-electron chi connectivity index (χ0n) is 30.7. The summed E-state index contributed by atoms with van der Waals surface area (Å²) >= 11 is 0. The molecule has 1 aliphatic carbocycles. The Hall–Kier alpha value is -6.84. The van der Waals surface area contributed by atoms with Gasteiger partial charge in [-0.15, -0.1) is 0 Å². The Balaban J connectivity index is 1.09. The average molecular weight is 704 g/mol. The van der Waals surface area contributed by atoms with E-state index < -0.39 is 0 Å². The number of benzene rings is 9. The van der Waals surface area contributed by atoms with Gasteiger partial charge in [-0.05, 0) is 112 Å². The van der Waals surface area contributed by atoms with Gasteiger partial charge in [0.2, 0.25) is 0 Å². The lowest BCUT2D eigenvalue weighted by atomic mass is 9.79. The maximum absolute atomic E-state index is 5.35. The number of amidine groups is 2. The molecule has 0 saturated heterocycles. The summed E-state index contributed by atoms with van der Waals surface area (Å²) in [6.07, 6.45) is -0.305. The van der Waals surface area contributed by atoms with Crippen molar-refractivity contribution < 1.29 is 0 Å². The molecule has 260 valence electrons. The summed E-state index contributed by atoms with van der Waals surface area (Å²) < 4.78 is 0. The minimum absolute atomic E-state index is 0.261. The van der Waals surface area contributed by atoms with Gasteiger partial charge in [-0.2, -0.15) is 0 Å². The average Bonchev–Trinajstić information content (AvgIpc) is 3.48. The molecule has 1 atom stereocenters. The van der Waals surface area contributed by atoms with Gasteiger partial charge in [-0.25, -0.2) is 9.98 Å². The second-order valence-electron chi connectivity index (χ2n) is 15.5. The summed E-state index contributed by atoms with van der Waals surface area (Å²) in [5.41, 5.74) is 10.7. The van der Waals surface area contributed by atoms with Crippen LogP contribution >= 0.6 is 0 Å². The van der Waals surface area contributed by atoms with Crippen LogP contribution in [0.15, 0.2) is 186 Å². The lowest BCUT2D eigenvalue weighted by Crippen LogP contribution is -2.33. The van der Waals surface area contributed by atoms with Crippen molar-refractivity contribution >= 4 is 54.8 Å². The molecule has 0 bridgehead atoms. The van der Waals surface area contributed by atoms with Crippen LogP contribution in [0.25, 0.3) is 65.3 Å². The first kappa shape index (κ1) is 31.7. The second kappa shape index (κ2) is 12.1. The molecule has 1 heterocycles. The molecule has 2 aliphatic rings. The molecule has 0 fully saturated rings. The van der Waals surface area contributed by atoms with Crippen LogP contribution in [0.3, 0.4) is 0 Å². The smallest absolute Gasteiger partial charge is 0.159 e. The van der Waals surface area contributed by atoms with Crippen LogP contribution in [-0.2, 0) is 5.41 Å². The highest BCUT2D eigenvalue weighted by Gasteiger charge is 2.39. The van der Waals surface area contributed by atoms with Crippen molar-refractivity contribution in [2.45, 2.75) is 25.4 Å². The summed E-state index contributed by atoms with van der Waals surface area (Å²) in [5, 5.41) is 13.6. The van der Waals surface area contributed by atoms with Crippen LogP contribution in [0.1, 0.15) is 47.8 Å². The third-order valence-electron chi connectivity index (χ3n) is 11.8. The zero-order chi connectivity index (χ0) is 36.7. The molecule has 55 heavy (non-hydrogen) atoms. The van der Waals surface area contributed by atoms with Crippen LogP contribution in [-0.4, -0.2) is 11.7 Å². The van der Waals surface area contributed by atoms with E-state index in [0.29, 0.717) is 0 Å². The van der Waals surface area contributed by atoms with E-state index in [4.69, 9.17) is 9.98 Å². The van der Waals surface area contributed by atoms with Crippen LogP contribution < -0.4 is 5.32 Å². The number of rotatable bonds is 4. The van der Waals surface area contributed by atoms with Gasteiger partial charge in [0.05, 0.1) is 0 Å². The van der Waals surface area contributed by atoms with E-state index in [1.54, 1.807) is 0 Å². The minimum atomic E-state index is -0.305. The van der Waals surface area contributed by atoms with Crippen molar-refractivity contribution in [3.63, 3.8) is 0 Å². The summed E-state index contributed by atoms with van der Waals surface area (Å²) in [5.74, 6) is 1.55. The summed E-state index contributed by atoms with van der Waals surface area (Å²) in [6, 6.07) is 63.9. The summed E-state index contributed by atoms with van der Waals surface area (Å²) in [4.78, 5) is 10.6.